The summed E-state index contributed by atoms with van der Waals surface area (Å²) in [6.07, 6.45) is 2.14. The van der Waals surface area contributed by atoms with Gasteiger partial charge in [-0.05, 0) is 38.3 Å². The van der Waals surface area contributed by atoms with Gasteiger partial charge >= 0.3 is 0 Å². The summed E-state index contributed by atoms with van der Waals surface area (Å²) in [4.78, 5) is 27.3. The van der Waals surface area contributed by atoms with Gasteiger partial charge in [0.25, 0.3) is 5.91 Å². The summed E-state index contributed by atoms with van der Waals surface area (Å²) in [5, 5.41) is 2.70. The van der Waals surface area contributed by atoms with Crippen molar-refractivity contribution in [2.75, 3.05) is 19.6 Å². The van der Waals surface area contributed by atoms with Gasteiger partial charge < -0.3 is 10.2 Å². The van der Waals surface area contributed by atoms with Crippen LogP contribution in [-0.2, 0) is 4.79 Å². The van der Waals surface area contributed by atoms with Crippen molar-refractivity contribution < 1.29 is 9.59 Å². The second-order valence-electron chi connectivity index (χ2n) is 4.62. The van der Waals surface area contributed by atoms with Crippen LogP contribution in [0.5, 0.6) is 0 Å². The Morgan fingerprint density at radius 2 is 2.00 bits per heavy atom. The van der Waals surface area contributed by atoms with E-state index in [1.807, 2.05) is 24.8 Å². The van der Waals surface area contributed by atoms with Crippen molar-refractivity contribution in [2.24, 2.45) is 0 Å². The van der Waals surface area contributed by atoms with Crippen LogP contribution in [0, 0.1) is 13.8 Å². The second-order valence-corrected chi connectivity index (χ2v) is 5.88. The molecule has 98 valence electrons. The van der Waals surface area contributed by atoms with Gasteiger partial charge in [-0.1, -0.05) is 0 Å². The van der Waals surface area contributed by atoms with Crippen LogP contribution in [0.2, 0.25) is 0 Å². The van der Waals surface area contributed by atoms with Crippen LogP contribution in [0.3, 0.4) is 0 Å². The second kappa shape index (κ2) is 5.52. The molecule has 1 aromatic rings. The lowest BCUT2D eigenvalue weighted by atomic mass is 10.3. The minimum absolute atomic E-state index is 0.0193. The molecular formula is C13H18N2O2S. The zero-order valence-electron chi connectivity index (χ0n) is 10.8. The molecule has 0 atom stereocenters. The van der Waals surface area contributed by atoms with E-state index in [0.717, 1.165) is 36.4 Å². The number of amides is 2. The number of nitrogens with one attached hydrogen (secondary N) is 1. The van der Waals surface area contributed by atoms with E-state index in [1.165, 1.54) is 11.3 Å². The van der Waals surface area contributed by atoms with Crippen LogP contribution in [0.15, 0.2) is 6.07 Å². The summed E-state index contributed by atoms with van der Waals surface area (Å²) in [5.41, 5.74) is 1.12. The monoisotopic (exact) mass is 266 g/mol. The maximum atomic E-state index is 11.9. The zero-order chi connectivity index (χ0) is 13.1. The van der Waals surface area contributed by atoms with Gasteiger partial charge in [-0.25, -0.2) is 0 Å². The Kier molecular flexibility index (Phi) is 4.01. The summed E-state index contributed by atoms with van der Waals surface area (Å²) in [5.74, 6) is -0.130. The molecule has 18 heavy (non-hydrogen) atoms. The molecule has 1 N–H and O–H groups in total. The first-order valence-electron chi connectivity index (χ1n) is 6.21. The van der Waals surface area contributed by atoms with Crippen molar-refractivity contribution in [3.63, 3.8) is 0 Å². The largest absolute Gasteiger partial charge is 0.342 e. The van der Waals surface area contributed by atoms with Gasteiger partial charge in [0.1, 0.15) is 0 Å². The Morgan fingerprint density at radius 1 is 1.33 bits per heavy atom. The number of thiophene rings is 1. The molecule has 1 aliphatic heterocycles. The molecule has 1 saturated heterocycles. The van der Waals surface area contributed by atoms with E-state index in [0.29, 0.717) is 4.88 Å². The topological polar surface area (TPSA) is 49.4 Å². The summed E-state index contributed by atoms with van der Waals surface area (Å²) in [7, 11) is 0. The maximum absolute atomic E-state index is 11.9. The third-order valence-corrected chi connectivity index (χ3v) is 4.40. The van der Waals surface area contributed by atoms with Crippen molar-refractivity contribution in [1.82, 2.24) is 10.2 Å². The predicted octanol–water partition coefficient (Wildman–Crippen LogP) is 1.72. The van der Waals surface area contributed by atoms with Gasteiger partial charge in [-0.2, -0.15) is 0 Å². The molecular weight excluding hydrogens is 248 g/mol. The lowest BCUT2D eigenvalue weighted by molar-refractivity contribution is -0.129. The number of carbonyl (C=O) groups excluding carboxylic acids is 2. The van der Waals surface area contributed by atoms with E-state index in [9.17, 15) is 9.59 Å². The first kappa shape index (κ1) is 13.1. The molecule has 0 aromatic carbocycles. The molecule has 0 aliphatic carbocycles. The summed E-state index contributed by atoms with van der Waals surface area (Å²) < 4.78 is 0. The van der Waals surface area contributed by atoms with Gasteiger partial charge in [0, 0.05) is 18.0 Å². The Balaban J connectivity index is 1.86. The normalized spacial score (nSPS) is 14.9. The van der Waals surface area contributed by atoms with Gasteiger partial charge in [-0.3, -0.25) is 9.59 Å². The Hall–Kier alpha value is -1.36. The molecule has 2 amide bonds. The fourth-order valence-electron chi connectivity index (χ4n) is 2.01. The van der Waals surface area contributed by atoms with Gasteiger partial charge in [0.15, 0.2) is 0 Å². The molecule has 2 heterocycles. The summed E-state index contributed by atoms with van der Waals surface area (Å²) >= 11 is 1.47. The van der Waals surface area contributed by atoms with Crippen molar-refractivity contribution in [3.05, 3.63) is 21.4 Å². The highest BCUT2D eigenvalue weighted by molar-refractivity contribution is 7.14. The number of aryl methyl sites for hydroxylation is 2. The highest BCUT2D eigenvalue weighted by Gasteiger charge is 2.19. The van der Waals surface area contributed by atoms with Crippen LogP contribution < -0.4 is 5.32 Å². The minimum Gasteiger partial charge on any atom is -0.342 e. The van der Waals surface area contributed by atoms with Gasteiger partial charge in [0.2, 0.25) is 5.91 Å². The first-order valence-corrected chi connectivity index (χ1v) is 7.02. The SMILES string of the molecule is Cc1cc(C(=O)NCC(=O)N2CCCC2)sc1C. The molecule has 0 unspecified atom stereocenters. The van der Waals surface area contributed by atoms with Crippen LogP contribution >= 0.6 is 11.3 Å². The fraction of sp³-hybridized carbons (Fsp3) is 0.538. The lowest BCUT2D eigenvalue weighted by Gasteiger charge is -2.15. The number of hydrogen-bond donors (Lipinski definition) is 1. The lowest BCUT2D eigenvalue weighted by Crippen LogP contribution is -2.38. The standard InChI is InChI=1S/C13H18N2O2S/c1-9-7-11(18-10(9)2)13(17)14-8-12(16)15-5-3-4-6-15/h7H,3-6,8H2,1-2H3,(H,14,17). The third kappa shape index (κ3) is 2.90. The molecule has 4 nitrogen and oxygen atoms in total. The summed E-state index contributed by atoms with van der Waals surface area (Å²) in [6.45, 7) is 5.73. The fourth-order valence-corrected chi connectivity index (χ4v) is 2.96. The van der Waals surface area contributed by atoms with E-state index >= 15 is 0 Å². The maximum Gasteiger partial charge on any atom is 0.261 e. The van der Waals surface area contributed by atoms with Crippen LogP contribution in [0.4, 0.5) is 0 Å². The number of nitrogens with zero attached hydrogens (tertiary/aromatic N) is 1. The molecule has 2 rings (SSSR count). The van der Waals surface area contributed by atoms with Crippen LogP contribution in [-0.4, -0.2) is 36.3 Å². The number of likely N-dealkylation sites (tertiary alicyclic amines) is 1. The number of carbonyl (C=O) groups is 2. The Morgan fingerprint density at radius 3 is 2.56 bits per heavy atom. The summed E-state index contributed by atoms with van der Waals surface area (Å²) in [6, 6.07) is 1.87. The molecule has 1 aromatic heterocycles. The quantitative estimate of drug-likeness (QED) is 0.905. The first-order chi connectivity index (χ1) is 8.58. The van der Waals surface area contributed by atoms with E-state index in [4.69, 9.17) is 0 Å². The van der Waals surface area contributed by atoms with Crippen molar-refractivity contribution in [1.29, 1.82) is 0 Å². The zero-order valence-corrected chi connectivity index (χ0v) is 11.6. The molecule has 0 saturated carbocycles. The highest BCUT2D eigenvalue weighted by Crippen LogP contribution is 2.20. The number of hydrogen-bond acceptors (Lipinski definition) is 3. The van der Waals surface area contributed by atoms with Crippen molar-refractivity contribution in [2.45, 2.75) is 26.7 Å². The Bertz CT molecular complexity index is 442. The van der Waals surface area contributed by atoms with E-state index in [2.05, 4.69) is 5.32 Å². The van der Waals surface area contributed by atoms with Crippen molar-refractivity contribution >= 4 is 23.2 Å². The van der Waals surface area contributed by atoms with Gasteiger partial charge in [0.05, 0.1) is 11.4 Å². The molecule has 0 spiro atoms. The molecule has 1 fully saturated rings. The van der Waals surface area contributed by atoms with Crippen molar-refractivity contribution in [3.8, 4) is 0 Å². The average molecular weight is 266 g/mol. The predicted molar refractivity (Wildman–Crippen MR) is 71.9 cm³/mol. The van der Waals surface area contributed by atoms with Gasteiger partial charge in [-0.15, -0.1) is 11.3 Å². The minimum atomic E-state index is -0.149. The smallest absolute Gasteiger partial charge is 0.261 e. The highest BCUT2D eigenvalue weighted by atomic mass is 32.1. The molecule has 0 radical (unpaired) electrons. The van der Waals surface area contributed by atoms with Crippen LogP contribution in [0.25, 0.3) is 0 Å². The third-order valence-electron chi connectivity index (χ3n) is 3.25. The van der Waals surface area contributed by atoms with E-state index < -0.39 is 0 Å². The Labute approximate surface area is 111 Å². The average Bonchev–Trinajstić information content (AvgIpc) is 2.97. The van der Waals surface area contributed by atoms with Crippen LogP contribution in [0.1, 0.15) is 33.0 Å². The number of rotatable bonds is 3. The molecule has 1 aliphatic rings. The molecule has 5 heteroatoms. The van der Waals surface area contributed by atoms with E-state index in [-0.39, 0.29) is 18.4 Å². The molecule has 0 bridgehead atoms. The van der Waals surface area contributed by atoms with E-state index in [1.54, 1.807) is 0 Å².